The number of carbonyl (C=O) groups is 1. The summed E-state index contributed by atoms with van der Waals surface area (Å²) in [5, 5.41) is 27.4. The average Bonchev–Trinajstić information content (AvgIpc) is 2.87. The molecule has 4 N–H and O–H groups in total. The Labute approximate surface area is 222 Å². The second-order valence-electron chi connectivity index (χ2n) is 8.43. The van der Waals surface area contributed by atoms with Gasteiger partial charge in [0.2, 0.25) is 0 Å². The van der Waals surface area contributed by atoms with E-state index in [-0.39, 0.29) is 5.75 Å². The van der Waals surface area contributed by atoms with Crippen LogP contribution < -0.4 is 20.9 Å². The highest BCUT2D eigenvalue weighted by Crippen LogP contribution is 2.45. The van der Waals surface area contributed by atoms with Gasteiger partial charge in [-0.1, -0.05) is 23.3 Å². The van der Waals surface area contributed by atoms with Crippen molar-refractivity contribution >= 4 is 13.7 Å². The van der Waals surface area contributed by atoms with E-state index >= 15 is 0 Å². The van der Waals surface area contributed by atoms with E-state index in [4.69, 9.17) is 24.1 Å². The van der Waals surface area contributed by atoms with E-state index < -0.39 is 68.2 Å². The number of methoxy groups -OCH3 is 1. The number of esters is 1. The van der Waals surface area contributed by atoms with Crippen LogP contribution in [0.2, 0.25) is 0 Å². The van der Waals surface area contributed by atoms with Gasteiger partial charge in [0.05, 0.1) is 18.8 Å². The molecule has 16 nitrogen and oxygen atoms in total. The highest BCUT2D eigenvalue weighted by molar-refractivity contribution is 7.52. The maximum Gasteiger partial charge on any atom is 0.459 e. The average molecular weight is 570 g/mol. The smallest absolute Gasteiger partial charge is 0.459 e. The van der Waals surface area contributed by atoms with Gasteiger partial charge in [0, 0.05) is 24.3 Å². The number of benzene rings is 1. The van der Waals surface area contributed by atoms with Crippen LogP contribution in [-0.4, -0.2) is 69.8 Å². The van der Waals surface area contributed by atoms with Gasteiger partial charge in [0.15, 0.2) is 0 Å². The number of aromatic amines is 1. The van der Waals surface area contributed by atoms with E-state index in [0.717, 1.165) is 19.4 Å². The molecule has 0 radical (unpaired) electrons. The monoisotopic (exact) mass is 570 g/mol. The lowest BCUT2D eigenvalue weighted by atomic mass is 10.0. The quantitative estimate of drug-likeness (QED) is 0.0782. The van der Waals surface area contributed by atoms with Crippen molar-refractivity contribution in [3.05, 3.63) is 73.9 Å². The lowest BCUT2D eigenvalue weighted by molar-refractivity contribution is -0.149. The summed E-state index contributed by atoms with van der Waals surface area (Å²) < 4.78 is 35.6. The number of nitrogens with zero attached hydrogens (tertiary/aromatic N) is 4. The number of hydrogen-bond donors (Lipinski definition) is 4. The van der Waals surface area contributed by atoms with E-state index in [9.17, 15) is 29.2 Å². The Bertz CT molecular complexity index is 1300. The van der Waals surface area contributed by atoms with Gasteiger partial charge in [-0.05, 0) is 38.4 Å². The Morgan fingerprint density at radius 2 is 1.87 bits per heavy atom. The summed E-state index contributed by atoms with van der Waals surface area (Å²) in [6.07, 6.45) is -4.66. The summed E-state index contributed by atoms with van der Waals surface area (Å²) in [5.74, 6) is -0.598. The molecule has 17 heteroatoms. The number of para-hydroxylation sites is 1. The van der Waals surface area contributed by atoms with Gasteiger partial charge in [0.25, 0.3) is 5.56 Å². The Morgan fingerprint density at radius 3 is 2.44 bits per heavy atom. The van der Waals surface area contributed by atoms with Crippen LogP contribution in [0.5, 0.6) is 5.75 Å². The number of hydrogen-bond acceptors (Lipinski definition) is 11. The SMILES string of the molecule is CO[C@@H](COP(=O)(N[C@H](C)C(=O)OC(C)C)Oc1ccccc1)[C@@H](O)[C@@H](N=[N+]=[N-])[C@@H](O)n1ccc(=O)[nH]c1=O. The molecule has 0 saturated carbocycles. The van der Waals surface area contributed by atoms with E-state index in [0.29, 0.717) is 4.57 Å². The van der Waals surface area contributed by atoms with Gasteiger partial charge >= 0.3 is 19.4 Å². The highest BCUT2D eigenvalue weighted by atomic mass is 31.2. The molecule has 39 heavy (non-hydrogen) atoms. The Kier molecular flexibility index (Phi) is 11.9. The van der Waals surface area contributed by atoms with Crippen LogP contribution in [0.1, 0.15) is 27.0 Å². The molecule has 0 amide bonds. The Balaban J connectivity index is 2.28. The molecule has 1 heterocycles. The predicted octanol–water partition coefficient (Wildman–Crippen LogP) is 1.22. The van der Waals surface area contributed by atoms with Crippen molar-refractivity contribution in [2.24, 2.45) is 5.11 Å². The number of carbonyl (C=O) groups excluding carboxylic acids is 1. The largest absolute Gasteiger partial charge is 0.462 e. The van der Waals surface area contributed by atoms with Crippen molar-refractivity contribution in [3.63, 3.8) is 0 Å². The van der Waals surface area contributed by atoms with Gasteiger partial charge in [-0.25, -0.2) is 9.36 Å². The normalized spacial score (nSPS) is 16.7. The zero-order valence-electron chi connectivity index (χ0n) is 21.6. The molecule has 0 spiro atoms. The van der Waals surface area contributed by atoms with Crippen LogP contribution in [0.15, 0.2) is 57.3 Å². The number of ether oxygens (including phenoxy) is 2. The third-order valence-electron chi connectivity index (χ3n) is 5.09. The first kappa shape index (κ1) is 31.7. The van der Waals surface area contributed by atoms with Gasteiger partial charge in [-0.15, -0.1) is 0 Å². The van der Waals surface area contributed by atoms with Gasteiger partial charge in [-0.3, -0.25) is 23.7 Å². The molecule has 6 atom stereocenters. The first-order valence-corrected chi connectivity index (χ1v) is 13.2. The maximum absolute atomic E-state index is 13.6. The summed E-state index contributed by atoms with van der Waals surface area (Å²) in [6.45, 7) is 4.00. The van der Waals surface area contributed by atoms with Crippen LogP contribution in [0.4, 0.5) is 0 Å². The molecule has 2 rings (SSSR count). The van der Waals surface area contributed by atoms with E-state index in [2.05, 4.69) is 15.1 Å². The topological polar surface area (TPSA) is 227 Å². The molecule has 0 fully saturated rings. The standard InChI is InChI=1S/C22H31N6O10P/c1-13(2)37-21(32)14(3)26-39(34,38-15-8-6-5-7-9-15)36-12-16(35-4)19(30)18(25-27-23)20(31)28-11-10-17(29)24-22(28)33/h5-11,13-14,16,18-20,30-31H,12H2,1-4H3,(H,26,34)(H,24,29,33)/t14-,16+,18-,19-,20-,39?/m1/s1. The first-order chi connectivity index (χ1) is 18.4. The molecular formula is C22H31N6O10P. The van der Waals surface area contributed by atoms with Crippen molar-refractivity contribution < 1.29 is 38.1 Å². The number of nitrogens with one attached hydrogen (secondary N) is 2. The van der Waals surface area contributed by atoms with Crippen LogP contribution in [0.3, 0.4) is 0 Å². The number of azide groups is 1. The summed E-state index contributed by atoms with van der Waals surface area (Å²) in [6, 6.07) is 5.98. The van der Waals surface area contributed by atoms with Crippen LogP contribution in [0.25, 0.3) is 10.4 Å². The minimum absolute atomic E-state index is 0.132. The molecular weight excluding hydrogens is 539 g/mol. The number of aliphatic hydroxyl groups is 2. The van der Waals surface area contributed by atoms with Gasteiger partial charge in [0.1, 0.15) is 30.2 Å². The third kappa shape index (κ3) is 9.33. The maximum atomic E-state index is 13.6. The van der Waals surface area contributed by atoms with Crippen molar-refractivity contribution in [2.45, 2.75) is 57.4 Å². The molecule has 1 unspecified atom stereocenters. The fourth-order valence-electron chi connectivity index (χ4n) is 3.20. The zero-order chi connectivity index (χ0) is 29.2. The van der Waals surface area contributed by atoms with E-state index in [1.807, 2.05) is 4.98 Å². The zero-order valence-corrected chi connectivity index (χ0v) is 22.5. The molecule has 0 aliphatic rings. The lowest BCUT2D eigenvalue weighted by Gasteiger charge is -2.30. The second kappa shape index (κ2) is 14.6. The number of aromatic nitrogens is 2. The summed E-state index contributed by atoms with van der Waals surface area (Å²) in [5.41, 5.74) is 7.22. The minimum Gasteiger partial charge on any atom is -0.462 e. The van der Waals surface area contributed by atoms with Crippen molar-refractivity contribution in [1.29, 1.82) is 0 Å². The Morgan fingerprint density at radius 1 is 1.21 bits per heavy atom. The van der Waals surface area contributed by atoms with Gasteiger partial charge < -0.3 is 24.2 Å². The molecule has 1 aromatic carbocycles. The highest BCUT2D eigenvalue weighted by Gasteiger charge is 2.38. The molecule has 2 aromatic rings. The minimum atomic E-state index is -4.34. The molecule has 214 valence electrons. The van der Waals surface area contributed by atoms with Gasteiger partial charge in [-0.2, -0.15) is 5.09 Å². The number of rotatable bonds is 15. The van der Waals surface area contributed by atoms with Crippen molar-refractivity contribution in [1.82, 2.24) is 14.6 Å². The molecule has 0 bridgehead atoms. The van der Waals surface area contributed by atoms with E-state index in [1.165, 1.54) is 19.1 Å². The Hall–Kier alpha value is -3.49. The van der Waals surface area contributed by atoms with Crippen LogP contribution in [-0.2, 0) is 23.4 Å². The lowest BCUT2D eigenvalue weighted by Crippen LogP contribution is -2.47. The van der Waals surface area contributed by atoms with Crippen molar-refractivity contribution in [3.8, 4) is 5.75 Å². The molecule has 1 aromatic heterocycles. The first-order valence-electron chi connectivity index (χ1n) is 11.6. The number of aliphatic hydroxyl groups excluding tert-OH is 2. The fraction of sp³-hybridized carbons (Fsp3) is 0.500. The number of H-pyrrole nitrogens is 1. The second-order valence-corrected chi connectivity index (χ2v) is 10.1. The summed E-state index contributed by atoms with van der Waals surface area (Å²) >= 11 is 0. The molecule has 0 aliphatic heterocycles. The molecule has 0 aliphatic carbocycles. The van der Waals surface area contributed by atoms with Crippen molar-refractivity contribution in [2.75, 3.05) is 13.7 Å². The summed E-state index contributed by atoms with van der Waals surface area (Å²) in [7, 11) is -3.19. The molecule has 0 saturated heterocycles. The predicted molar refractivity (Wildman–Crippen MR) is 137 cm³/mol. The van der Waals surface area contributed by atoms with Crippen LogP contribution >= 0.6 is 7.75 Å². The third-order valence-corrected chi connectivity index (χ3v) is 6.74. The van der Waals surface area contributed by atoms with Crippen LogP contribution in [0, 0.1) is 0 Å². The summed E-state index contributed by atoms with van der Waals surface area (Å²) in [4.78, 5) is 40.2. The fourth-order valence-corrected chi connectivity index (χ4v) is 4.70. The van der Waals surface area contributed by atoms with E-state index in [1.54, 1.807) is 32.0 Å².